The van der Waals surface area contributed by atoms with Gasteiger partial charge in [0.1, 0.15) is 0 Å². The lowest BCUT2D eigenvalue weighted by molar-refractivity contribution is -0.131. The van der Waals surface area contributed by atoms with Crippen LogP contribution in [0.2, 0.25) is 10.0 Å². The molecular weight excluding hydrogens is 549 g/mol. The van der Waals surface area contributed by atoms with Crippen molar-refractivity contribution in [1.82, 2.24) is 9.80 Å². The van der Waals surface area contributed by atoms with E-state index >= 15 is 0 Å². The van der Waals surface area contributed by atoms with E-state index in [1.165, 1.54) is 10.6 Å². The third-order valence-corrected chi connectivity index (χ3v) is 8.54. The summed E-state index contributed by atoms with van der Waals surface area (Å²) in [6, 6.07) is 9.01. The lowest BCUT2D eigenvalue weighted by Crippen LogP contribution is -2.41. The Bertz CT molecular complexity index is 1270. The largest absolute Gasteiger partial charge is 0.489 e. The number of hydrogen-bond acceptors (Lipinski definition) is 6. The number of sulfonamides is 1. The molecule has 0 aromatic heterocycles. The fourth-order valence-electron chi connectivity index (χ4n) is 4.83. The average molecular weight is 585 g/mol. The number of fused-ring (bicyclic) bond motifs is 2. The average Bonchev–Trinajstić information content (AvgIpc) is 3.09. The molecule has 2 aromatic rings. The minimum atomic E-state index is -3.56. The summed E-state index contributed by atoms with van der Waals surface area (Å²) < 4.78 is 38.6. The zero-order chi connectivity index (χ0) is 27.4. The van der Waals surface area contributed by atoms with Gasteiger partial charge in [0.15, 0.2) is 11.5 Å². The number of ether oxygens (including phenoxy) is 2. The Morgan fingerprint density at radius 2 is 1.76 bits per heavy atom. The molecule has 2 aliphatic rings. The van der Waals surface area contributed by atoms with E-state index in [1.807, 2.05) is 6.07 Å². The van der Waals surface area contributed by atoms with Gasteiger partial charge in [0, 0.05) is 50.2 Å². The van der Waals surface area contributed by atoms with Crippen LogP contribution in [0.5, 0.6) is 11.5 Å². The van der Waals surface area contributed by atoms with Crippen LogP contribution in [0.3, 0.4) is 0 Å². The van der Waals surface area contributed by atoms with Crippen LogP contribution in [0, 0.1) is 0 Å². The fraction of sp³-hybridized carbons (Fsp3) is 0.519. The molecule has 0 saturated carbocycles. The summed E-state index contributed by atoms with van der Waals surface area (Å²) in [6.45, 7) is 7.72. The van der Waals surface area contributed by atoms with Gasteiger partial charge in [-0.2, -0.15) is 0 Å². The molecule has 8 nitrogen and oxygen atoms in total. The van der Waals surface area contributed by atoms with Crippen molar-refractivity contribution in [2.75, 3.05) is 50.0 Å². The van der Waals surface area contributed by atoms with Crippen molar-refractivity contribution >= 4 is 44.8 Å². The highest BCUT2D eigenvalue weighted by Gasteiger charge is 2.26. The number of halogens is 2. The molecule has 0 atom stereocenters. The Kier molecular flexibility index (Phi) is 9.34. The van der Waals surface area contributed by atoms with Gasteiger partial charge in [-0.25, -0.2) is 8.42 Å². The summed E-state index contributed by atoms with van der Waals surface area (Å²) in [6.07, 6.45) is 2.74. The number of benzene rings is 2. The summed E-state index contributed by atoms with van der Waals surface area (Å²) >= 11 is 12.8. The molecule has 2 heterocycles. The zero-order valence-electron chi connectivity index (χ0n) is 22.1. The molecule has 0 spiro atoms. The third-order valence-electron chi connectivity index (χ3n) is 6.84. The van der Waals surface area contributed by atoms with Gasteiger partial charge in [-0.3, -0.25) is 14.0 Å². The number of nitrogens with zero attached hydrogens (tertiary/aromatic N) is 3. The second-order valence-electron chi connectivity index (χ2n) is 10.0. The highest BCUT2D eigenvalue weighted by molar-refractivity contribution is 7.92. The molecular formula is C27H35Cl2N3O5S. The maximum atomic E-state index is 13.7. The predicted octanol–water partition coefficient (Wildman–Crippen LogP) is 4.61. The molecule has 208 valence electrons. The lowest BCUT2D eigenvalue weighted by Gasteiger charge is -2.30. The Balaban J connectivity index is 1.67. The van der Waals surface area contributed by atoms with Crippen LogP contribution in [0.15, 0.2) is 30.3 Å². The van der Waals surface area contributed by atoms with Gasteiger partial charge in [0.2, 0.25) is 15.9 Å². The van der Waals surface area contributed by atoms with Gasteiger partial charge in [0.25, 0.3) is 0 Å². The smallest absolute Gasteiger partial charge is 0.232 e. The highest BCUT2D eigenvalue weighted by Crippen LogP contribution is 2.38. The van der Waals surface area contributed by atoms with Crippen molar-refractivity contribution < 1.29 is 22.7 Å². The van der Waals surface area contributed by atoms with Crippen LogP contribution in [-0.2, 0) is 27.8 Å². The monoisotopic (exact) mass is 583 g/mol. The maximum absolute atomic E-state index is 13.7. The molecule has 0 radical (unpaired) electrons. The number of rotatable bonds is 4. The van der Waals surface area contributed by atoms with Gasteiger partial charge >= 0.3 is 0 Å². The van der Waals surface area contributed by atoms with Crippen molar-refractivity contribution in [1.29, 1.82) is 0 Å². The van der Waals surface area contributed by atoms with Crippen LogP contribution < -0.4 is 13.8 Å². The van der Waals surface area contributed by atoms with E-state index in [1.54, 1.807) is 29.2 Å². The predicted molar refractivity (Wildman–Crippen MR) is 151 cm³/mol. The second kappa shape index (κ2) is 12.3. The number of carbonyl (C=O) groups excluding carboxylic acids is 1. The molecule has 4 rings (SSSR count). The summed E-state index contributed by atoms with van der Waals surface area (Å²) in [7, 11) is -3.56. The van der Waals surface area contributed by atoms with Crippen LogP contribution in [0.25, 0.3) is 0 Å². The molecule has 2 aliphatic heterocycles. The van der Waals surface area contributed by atoms with Gasteiger partial charge in [-0.1, -0.05) is 29.3 Å². The van der Waals surface area contributed by atoms with Crippen molar-refractivity contribution in [3.05, 3.63) is 51.5 Å². The van der Waals surface area contributed by atoms with Crippen LogP contribution in [-0.4, -0.2) is 75.8 Å². The molecule has 1 amide bonds. The Morgan fingerprint density at radius 1 is 1.00 bits per heavy atom. The molecule has 0 bridgehead atoms. The first-order chi connectivity index (χ1) is 18.0. The molecule has 2 aromatic carbocycles. The van der Waals surface area contributed by atoms with Gasteiger partial charge in [-0.15, -0.1) is 0 Å². The van der Waals surface area contributed by atoms with E-state index in [4.69, 9.17) is 32.7 Å². The van der Waals surface area contributed by atoms with Gasteiger partial charge < -0.3 is 14.4 Å². The normalized spacial score (nSPS) is 17.5. The maximum Gasteiger partial charge on any atom is 0.232 e. The molecule has 0 saturated heterocycles. The van der Waals surface area contributed by atoms with Crippen molar-refractivity contribution in [3.63, 3.8) is 0 Å². The van der Waals surface area contributed by atoms with E-state index in [0.717, 1.165) is 17.5 Å². The second-order valence-corrected chi connectivity index (χ2v) is 12.8. The summed E-state index contributed by atoms with van der Waals surface area (Å²) in [4.78, 5) is 17.8. The minimum Gasteiger partial charge on any atom is -0.489 e. The minimum absolute atomic E-state index is 0.0923. The molecule has 0 fully saturated rings. The van der Waals surface area contributed by atoms with Crippen LogP contribution >= 0.6 is 23.2 Å². The standard InChI is InChI=1S/C27H35Cl2N3O5S/c1-19(2)30-8-4-9-32(38(3,34)35)24-17-22(28)7-6-21(24)18-31(11-10-30)26(33)16-20-14-23(29)27-25(15-20)36-12-5-13-37-27/h6-7,14-15,17,19H,4-5,8-13,16,18H2,1-3H3. The lowest BCUT2D eigenvalue weighted by atomic mass is 10.1. The van der Waals surface area contributed by atoms with E-state index in [-0.39, 0.29) is 24.9 Å². The first-order valence-corrected chi connectivity index (χ1v) is 15.5. The summed E-state index contributed by atoms with van der Waals surface area (Å²) in [5.74, 6) is 0.963. The van der Waals surface area contributed by atoms with Crippen molar-refractivity contribution in [3.8, 4) is 11.5 Å². The summed E-state index contributed by atoms with van der Waals surface area (Å²) in [5, 5.41) is 0.857. The Morgan fingerprint density at radius 3 is 2.50 bits per heavy atom. The van der Waals surface area contributed by atoms with Crippen molar-refractivity contribution in [2.24, 2.45) is 0 Å². The number of carbonyl (C=O) groups is 1. The quantitative estimate of drug-likeness (QED) is 0.523. The van der Waals surface area contributed by atoms with Gasteiger partial charge in [0.05, 0.1) is 36.6 Å². The fourth-order valence-corrected chi connectivity index (χ4v) is 6.27. The Hall–Kier alpha value is -2.20. The van der Waals surface area contributed by atoms with Crippen molar-refractivity contribution in [2.45, 2.75) is 45.7 Å². The first-order valence-electron chi connectivity index (χ1n) is 12.9. The van der Waals surface area contributed by atoms with E-state index in [0.29, 0.717) is 73.0 Å². The zero-order valence-corrected chi connectivity index (χ0v) is 24.4. The third kappa shape index (κ3) is 7.05. The van der Waals surface area contributed by atoms with Gasteiger partial charge in [-0.05, 0) is 55.7 Å². The molecule has 38 heavy (non-hydrogen) atoms. The van der Waals surface area contributed by atoms with Crippen LogP contribution in [0.1, 0.15) is 37.8 Å². The number of amides is 1. The summed E-state index contributed by atoms with van der Waals surface area (Å²) in [5.41, 5.74) is 1.96. The topological polar surface area (TPSA) is 79.4 Å². The SMILES string of the molecule is CC(C)N1CCCN(S(C)(=O)=O)c2cc(Cl)ccc2CN(C(=O)Cc2cc(Cl)c3c(c2)OCCCO3)CC1. The highest BCUT2D eigenvalue weighted by atomic mass is 35.5. The Labute approximate surface area is 235 Å². The van der Waals surface area contributed by atoms with E-state index in [2.05, 4.69) is 18.7 Å². The number of anilines is 1. The molecule has 0 aliphatic carbocycles. The van der Waals surface area contributed by atoms with E-state index in [9.17, 15) is 13.2 Å². The molecule has 0 unspecified atom stereocenters. The van der Waals surface area contributed by atoms with Crippen LogP contribution in [0.4, 0.5) is 5.69 Å². The number of hydrogen-bond donors (Lipinski definition) is 0. The molecule has 0 N–H and O–H groups in total. The first kappa shape index (κ1) is 28.8. The van der Waals surface area contributed by atoms with E-state index < -0.39 is 10.0 Å². The molecule has 11 heteroatoms.